The van der Waals surface area contributed by atoms with E-state index in [1.54, 1.807) is 0 Å². The molecule has 1 aromatic carbocycles. The van der Waals surface area contributed by atoms with E-state index in [1.165, 1.54) is 12.1 Å². The van der Waals surface area contributed by atoms with Gasteiger partial charge in [0.1, 0.15) is 18.2 Å². The SMILES string of the molecule is CC.CC.O=C(O)c1cc(Cl)c(COc2ccc(OCC(F)(F)F)cn2)cc1F.S. The first-order valence-electron chi connectivity index (χ1n) is 8.65. The van der Waals surface area contributed by atoms with Gasteiger partial charge in [-0.05, 0) is 18.2 Å². The molecule has 0 amide bonds. The highest BCUT2D eigenvalue weighted by Crippen LogP contribution is 2.23. The van der Waals surface area contributed by atoms with Gasteiger partial charge in [-0.1, -0.05) is 39.3 Å². The van der Waals surface area contributed by atoms with Crippen molar-refractivity contribution < 1.29 is 36.9 Å². The minimum absolute atomic E-state index is 0. The Morgan fingerprint density at radius 1 is 1.13 bits per heavy atom. The monoisotopic (exact) mass is 473 g/mol. The van der Waals surface area contributed by atoms with Crippen molar-refractivity contribution in [1.29, 1.82) is 0 Å². The molecular weight excluding hydrogens is 450 g/mol. The maximum Gasteiger partial charge on any atom is 0.422 e. The number of carboxylic acids is 1. The Bertz CT molecular complexity index is 774. The van der Waals surface area contributed by atoms with Gasteiger partial charge in [-0.15, -0.1) is 0 Å². The number of aromatic carboxylic acids is 1. The Kier molecular flexibility index (Phi) is 14.7. The summed E-state index contributed by atoms with van der Waals surface area (Å²) < 4.78 is 59.4. The van der Waals surface area contributed by atoms with E-state index in [0.29, 0.717) is 0 Å². The highest BCUT2D eigenvalue weighted by molar-refractivity contribution is 7.59. The molecule has 0 aliphatic carbocycles. The Morgan fingerprint density at radius 3 is 2.20 bits per heavy atom. The number of carboxylic acid groups (broad SMARTS) is 1. The standard InChI is InChI=1S/C15H10ClF4NO4.2C2H6.H2S/c16-11-4-10(14(22)23)12(17)3-8(11)6-24-13-2-1-9(5-21-13)25-7-15(18,19)20;2*1-2;/h1-5H,6-7H2,(H,22,23);2*1-2H3;1H2. The molecule has 0 saturated carbocycles. The molecule has 0 fully saturated rings. The third-order valence-electron chi connectivity index (χ3n) is 2.85. The molecule has 5 nitrogen and oxygen atoms in total. The van der Waals surface area contributed by atoms with Crippen LogP contribution in [-0.4, -0.2) is 28.8 Å². The van der Waals surface area contributed by atoms with Crippen LogP contribution in [0.25, 0.3) is 0 Å². The minimum Gasteiger partial charge on any atom is -0.483 e. The maximum atomic E-state index is 13.6. The molecule has 30 heavy (non-hydrogen) atoms. The van der Waals surface area contributed by atoms with E-state index >= 15 is 0 Å². The Labute approximate surface area is 184 Å². The molecule has 0 bridgehead atoms. The second-order valence-corrected chi connectivity index (χ2v) is 5.16. The van der Waals surface area contributed by atoms with Gasteiger partial charge in [0.15, 0.2) is 6.61 Å². The molecule has 0 spiro atoms. The molecular formula is C19H24ClF4NO4S. The topological polar surface area (TPSA) is 68.7 Å². The van der Waals surface area contributed by atoms with Crippen molar-refractivity contribution in [2.45, 2.75) is 40.5 Å². The van der Waals surface area contributed by atoms with E-state index in [2.05, 4.69) is 9.72 Å². The largest absolute Gasteiger partial charge is 0.483 e. The Hall–Kier alpha value is -2.20. The van der Waals surface area contributed by atoms with E-state index in [0.717, 1.165) is 18.3 Å². The van der Waals surface area contributed by atoms with Gasteiger partial charge in [0.2, 0.25) is 5.88 Å². The molecule has 2 aromatic rings. The van der Waals surface area contributed by atoms with Gasteiger partial charge in [-0.2, -0.15) is 26.7 Å². The second-order valence-electron chi connectivity index (χ2n) is 4.75. The number of nitrogens with zero attached hydrogens (tertiary/aromatic N) is 1. The third-order valence-corrected chi connectivity index (χ3v) is 3.21. The molecule has 1 heterocycles. The van der Waals surface area contributed by atoms with Gasteiger partial charge < -0.3 is 14.6 Å². The van der Waals surface area contributed by atoms with Crippen molar-refractivity contribution in [3.63, 3.8) is 0 Å². The summed E-state index contributed by atoms with van der Waals surface area (Å²) in [6, 6.07) is 4.37. The molecule has 0 atom stereocenters. The fraction of sp³-hybridized carbons (Fsp3) is 0.368. The van der Waals surface area contributed by atoms with E-state index in [4.69, 9.17) is 21.4 Å². The van der Waals surface area contributed by atoms with E-state index in [1.807, 2.05) is 27.7 Å². The van der Waals surface area contributed by atoms with Crippen LogP contribution >= 0.6 is 25.1 Å². The van der Waals surface area contributed by atoms with E-state index in [9.17, 15) is 22.4 Å². The van der Waals surface area contributed by atoms with Crippen LogP contribution in [0.2, 0.25) is 5.02 Å². The normalized spacial score (nSPS) is 9.77. The van der Waals surface area contributed by atoms with Crippen molar-refractivity contribution in [3.8, 4) is 11.6 Å². The van der Waals surface area contributed by atoms with Crippen LogP contribution in [0.1, 0.15) is 43.6 Å². The lowest BCUT2D eigenvalue weighted by Crippen LogP contribution is -2.19. The fourth-order valence-electron chi connectivity index (χ4n) is 1.72. The average molecular weight is 474 g/mol. The zero-order valence-corrected chi connectivity index (χ0v) is 18.6. The predicted molar refractivity (Wildman–Crippen MR) is 112 cm³/mol. The summed E-state index contributed by atoms with van der Waals surface area (Å²) in [5.41, 5.74) is -0.388. The molecule has 11 heteroatoms. The van der Waals surface area contributed by atoms with Crippen LogP contribution in [0.5, 0.6) is 11.6 Å². The Balaban J connectivity index is 0. The third kappa shape index (κ3) is 10.5. The lowest BCUT2D eigenvalue weighted by atomic mass is 10.1. The summed E-state index contributed by atoms with van der Waals surface area (Å²) in [6.45, 7) is 6.34. The number of hydrogen-bond acceptors (Lipinski definition) is 4. The number of rotatable bonds is 6. The molecule has 0 saturated heterocycles. The molecule has 0 aliphatic heterocycles. The van der Waals surface area contributed by atoms with E-state index in [-0.39, 0.29) is 42.3 Å². The molecule has 0 unspecified atom stereocenters. The molecule has 0 aliphatic rings. The van der Waals surface area contributed by atoms with Crippen LogP contribution in [0.3, 0.4) is 0 Å². The van der Waals surface area contributed by atoms with Crippen molar-refractivity contribution in [2.75, 3.05) is 6.61 Å². The predicted octanol–water partition coefficient (Wildman–Crippen LogP) is 6.26. The number of alkyl halides is 3. The zero-order chi connectivity index (χ0) is 22.6. The van der Waals surface area contributed by atoms with Crippen molar-refractivity contribution >= 4 is 31.1 Å². The summed E-state index contributed by atoms with van der Waals surface area (Å²) in [5, 5.41) is 8.78. The van der Waals surface area contributed by atoms with Crippen LogP contribution in [0.4, 0.5) is 17.6 Å². The number of halogens is 5. The van der Waals surface area contributed by atoms with Gasteiger partial charge >= 0.3 is 12.1 Å². The summed E-state index contributed by atoms with van der Waals surface area (Å²) in [4.78, 5) is 14.5. The molecule has 0 radical (unpaired) electrons. The van der Waals surface area contributed by atoms with Gasteiger partial charge in [0, 0.05) is 16.7 Å². The van der Waals surface area contributed by atoms with Crippen LogP contribution in [0, 0.1) is 5.82 Å². The maximum absolute atomic E-state index is 13.6. The quantitative estimate of drug-likeness (QED) is 0.501. The smallest absolute Gasteiger partial charge is 0.422 e. The number of ether oxygens (including phenoxy) is 2. The number of pyridine rings is 1. The van der Waals surface area contributed by atoms with Gasteiger partial charge in [0.25, 0.3) is 0 Å². The molecule has 1 N–H and O–H groups in total. The highest BCUT2D eigenvalue weighted by atomic mass is 35.5. The summed E-state index contributed by atoms with van der Waals surface area (Å²) >= 11 is 5.86. The number of carbonyl (C=O) groups is 1. The van der Waals surface area contributed by atoms with Crippen LogP contribution in [-0.2, 0) is 6.61 Å². The van der Waals surface area contributed by atoms with Gasteiger partial charge in [-0.25, -0.2) is 14.2 Å². The average Bonchev–Trinajstić information content (AvgIpc) is 2.70. The van der Waals surface area contributed by atoms with Crippen molar-refractivity contribution in [2.24, 2.45) is 0 Å². The highest BCUT2D eigenvalue weighted by Gasteiger charge is 2.28. The first kappa shape index (κ1) is 30.0. The van der Waals surface area contributed by atoms with Crippen LogP contribution < -0.4 is 9.47 Å². The Morgan fingerprint density at radius 2 is 1.73 bits per heavy atom. The van der Waals surface area contributed by atoms with Gasteiger partial charge in [-0.3, -0.25) is 0 Å². The lowest BCUT2D eigenvalue weighted by Gasteiger charge is -2.10. The number of hydrogen-bond donors (Lipinski definition) is 1. The van der Waals surface area contributed by atoms with Crippen molar-refractivity contribution in [3.05, 3.63) is 52.4 Å². The minimum atomic E-state index is -4.46. The summed E-state index contributed by atoms with van der Waals surface area (Å²) in [6.07, 6.45) is -3.42. The van der Waals surface area contributed by atoms with Crippen LogP contribution in [0.15, 0.2) is 30.5 Å². The number of aromatic nitrogens is 1. The van der Waals surface area contributed by atoms with E-state index < -0.39 is 30.1 Å². The first-order valence-corrected chi connectivity index (χ1v) is 9.03. The number of benzene rings is 1. The zero-order valence-electron chi connectivity index (χ0n) is 16.8. The van der Waals surface area contributed by atoms with Gasteiger partial charge in [0.05, 0.1) is 11.8 Å². The lowest BCUT2D eigenvalue weighted by molar-refractivity contribution is -0.153. The molecule has 1 aromatic heterocycles. The summed E-state index contributed by atoms with van der Waals surface area (Å²) in [5.74, 6) is -2.49. The van der Waals surface area contributed by atoms with Crippen molar-refractivity contribution in [1.82, 2.24) is 4.98 Å². The fourth-order valence-corrected chi connectivity index (χ4v) is 1.94. The first-order chi connectivity index (χ1) is 13.7. The summed E-state index contributed by atoms with van der Waals surface area (Å²) in [7, 11) is 0. The second kappa shape index (κ2) is 14.7. The molecule has 2 rings (SSSR count). The molecule has 170 valence electrons.